The van der Waals surface area contributed by atoms with E-state index in [1.807, 2.05) is 10.7 Å². The second-order valence-electron chi connectivity index (χ2n) is 7.37. The van der Waals surface area contributed by atoms with E-state index in [1.165, 1.54) is 37.6 Å². The number of nitrogens with zero attached hydrogens (tertiary/aromatic N) is 1. The molecule has 0 saturated carbocycles. The summed E-state index contributed by atoms with van der Waals surface area (Å²) in [5.74, 6) is -2.62. The van der Waals surface area contributed by atoms with Crippen LogP contribution in [-0.4, -0.2) is 25.1 Å². The van der Waals surface area contributed by atoms with Crippen molar-refractivity contribution in [2.75, 3.05) is 12.4 Å². The summed E-state index contributed by atoms with van der Waals surface area (Å²) in [4.78, 5) is 24.1. The number of alkyl halides is 3. The predicted octanol–water partition coefficient (Wildman–Crippen LogP) is 6.59. The highest BCUT2D eigenvalue weighted by atomic mass is 79.9. The van der Waals surface area contributed by atoms with Crippen LogP contribution in [0.15, 0.2) is 58.1 Å². The summed E-state index contributed by atoms with van der Waals surface area (Å²) in [6, 6.07) is 9.55. The Morgan fingerprint density at radius 3 is 2.47 bits per heavy atom. The SMILES string of the molecule is COc1cc(/C=N/NC(=O)C(=O)Nc2cc(C(F)(F)F)ccc2Cl)cc(Br)c1OCc1c(F)cccc1Cl. The molecule has 0 unspecified atom stereocenters. The topological polar surface area (TPSA) is 89.0 Å². The largest absolute Gasteiger partial charge is 0.493 e. The second-order valence-corrected chi connectivity index (χ2v) is 9.04. The van der Waals surface area contributed by atoms with Gasteiger partial charge in [0, 0.05) is 5.56 Å². The van der Waals surface area contributed by atoms with Gasteiger partial charge >= 0.3 is 18.0 Å². The number of nitrogens with one attached hydrogen (secondary N) is 2. The van der Waals surface area contributed by atoms with Crippen molar-refractivity contribution in [2.24, 2.45) is 5.10 Å². The van der Waals surface area contributed by atoms with Gasteiger partial charge in [0.15, 0.2) is 11.5 Å². The Labute approximate surface area is 231 Å². The number of anilines is 1. The van der Waals surface area contributed by atoms with E-state index in [-0.39, 0.29) is 33.7 Å². The highest BCUT2D eigenvalue weighted by molar-refractivity contribution is 9.10. The number of methoxy groups -OCH3 is 1. The summed E-state index contributed by atoms with van der Waals surface area (Å²) in [5.41, 5.74) is 1.05. The number of benzene rings is 3. The third kappa shape index (κ3) is 7.36. The van der Waals surface area contributed by atoms with E-state index in [0.29, 0.717) is 16.1 Å². The summed E-state index contributed by atoms with van der Waals surface area (Å²) >= 11 is 15.2. The van der Waals surface area contributed by atoms with Crippen molar-refractivity contribution in [2.45, 2.75) is 12.8 Å². The Balaban J connectivity index is 1.67. The minimum atomic E-state index is -4.67. The molecule has 2 amide bonds. The van der Waals surface area contributed by atoms with Crippen LogP contribution in [-0.2, 0) is 22.4 Å². The van der Waals surface area contributed by atoms with Crippen LogP contribution in [0, 0.1) is 5.82 Å². The highest BCUT2D eigenvalue weighted by Crippen LogP contribution is 2.37. The Morgan fingerprint density at radius 1 is 1.08 bits per heavy atom. The summed E-state index contributed by atoms with van der Waals surface area (Å²) in [6.07, 6.45) is -3.50. The average molecular weight is 637 g/mol. The summed E-state index contributed by atoms with van der Waals surface area (Å²) < 4.78 is 64.1. The molecule has 0 spiro atoms. The maximum Gasteiger partial charge on any atom is 0.416 e. The molecule has 0 aromatic heterocycles. The van der Waals surface area contributed by atoms with Crippen LogP contribution in [0.2, 0.25) is 10.0 Å². The number of ether oxygens (including phenoxy) is 2. The molecule has 0 heterocycles. The number of hydrogen-bond acceptors (Lipinski definition) is 5. The quantitative estimate of drug-likeness (QED) is 0.133. The number of amides is 2. The lowest BCUT2D eigenvalue weighted by molar-refractivity contribution is -0.137. The van der Waals surface area contributed by atoms with Crippen molar-refractivity contribution < 1.29 is 36.6 Å². The minimum Gasteiger partial charge on any atom is -0.493 e. The zero-order chi connectivity index (χ0) is 28.0. The van der Waals surface area contributed by atoms with Crippen molar-refractivity contribution >= 4 is 62.8 Å². The van der Waals surface area contributed by atoms with Crippen LogP contribution in [0.3, 0.4) is 0 Å². The van der Waals surface area contributed by atoms with Crippen LogP contribution in [0.4, 0.5) is 23.2 Å². The molecule has 0 atom stereocenters. The Bertz CT molecular complexity index is 1380. The van der Waals surface area contributed by atoms with Crippen LogP contribution < -0.4 is 20.2 Å². The Morgan fingerprint density at radius 2 is 1.82 bits per heavy atom. The third-order valence-electron chi connectivity index (χ3n) is 4.80. The molecule has 0 bridgehead atoms. The van der Waals surface area contributed by atoms with Gasteiger partial charge in [0.25, 0.3) is 0 Å². The summed E-state index contributed by atoms with van der Waals surface area (Å²) in [7, 11) is 1.37. The molecular weight excluding hydrogens is 621 g/mol. The first-order valence-corrected chi connectivity index (χ1v) is 11.9. The normalized spacial score (nSPS) is 11.4. The highest BCUT2D eigenvalue weighted by Gasteiger charge is 2.31. The van der Waals surface area contributed by atoms with E-state index in [9.17, 15) is 27.2 Å². The van der Waals surface area contributed by atoms with E-state index in [2.05, 4.69) is 21.0 Å². The van der Waals surface area contributed by atoms with Crippen LogP contribution >= 0.6 is 39.1 Å². The van der Waals surface area contributed by atoms with Crippen LogP contribution in [0.5, 0.6) is 11.5 Å². The zero-order valence-corrected chi connectivity index (χ0v) is 22.2. The number of carbonyl (C=O) groups is 2. The number of hydrogen-bond donors (Lipinski definition) is 2. The van der Waals surface area contributed by atoms with Gasteiger partial charge in [-0.15, -0.1) is 0 Å². The van der Waals surface area contributed by atoms with Gasteiger partial charge in [0.1, 0.15) is 12.4 Å². The predicted molar refractivity (Wildman–Crippen MR) is 137 cm³/mol. The molecule has 200 valence electrons. The maximum absolute atomic E-state index is 14.0. The van der Waals surface area contributed by atoms with Crippen molar-refractivity contribution in [3.05, 3.63) is 85.6 Å². The fourth-order valence-corrected chi connectivity index (χ4v) is 3.92. The van der Waals surface area contributed by atoms with E-state index >= 15 is 0 Å². The third-order valence-corrected chi connectivity index (χ3v) is 6.07. The molecule has 0 radical (unpaired) electrons. The van der Waals surface area contributed by atoms with Crippen molar-refractivity contribution in [3.63, 3.8) is 0 Å². The first kappa shape index (κ1) is 29.2. The zero-order valence-electron chi connectivity index (χ0n) is 19.1. The van der Waals surface area contributed by atoms with E-state index in [0.717, 1.165) is 12.1 Å². The van der Waals surface area contributed by atoms with Gasteiger partial charge in [-0.1, -0.05) is 29.3 Å². The first-order valence-electron chi connectivity index (χ1n) is 10.3. The molecule has 3 aromatic carbocycles. The molecule has 3 rings (SSSR count). The van der Waals surface area contributed by atoms with E-state index in [4.69, 9.17) is 32.7 Å². The number of halogens is 7. The Hall–Kier alpha value is -3.35. The summed E-state index contributed by atoms with van der Waals surface area (Å²) in [6.45, 7) is -0.186. The molecule has 14 heteroatoms. The van der Waals surface area contributed by atoms with Crippen molar-refractivity contribution in [1.82, 2.24) is 5.43 Å². The molecule has 7 nitrogen and oxygen atoms in total. The smallest absolute Gasteiger partial charge is 0.416 e. The molecule has 2 N–H and O–H groups in total. The van der Waals surface area contributed by atoms with Gasteiger partial charge < -0.3 is 14.8 Å². The lowest BCUT2D eigenvalue weighted by Gasteiger charge is -2.14. The molecule has 0 saturated heterocycles. The molecule has 3 aromatic rings. The number of hydrazone groups is 1. The van der Waals surface area contributed by atoms with Crippen LogP contribution in [0.1, 0.15) is 16.7 Å². The van der Waals surface area contributed by atoms with E-state index in [1.54, 1.807) is 6.07 Å². The molecule has 0 fully saturated rings. The molecule has 38 heavy (non-hydrogen) atoms. The van der Waals surface area contributed by atoms with Gasteiger partial charge in [0.2, 0.25) is 0 Å². The minimum absolute atomic E-state index is 0.154. The molecule has 0 aliphatic rings. The molecule has 0 aliphatic heterocycles. The Kier molecular flexibility index (Phi) is 9.58. The first-order chi connectivity index (χ1) is 17.9. The lowest BCUT2D eigenvalue weighted by Crippen LogP contribution is -2.32. The fourth-order valence-electron chi connectivity index (χ4n) is 2.96. The fraction of sp³-hybridized carbons (Fsp3) is 0.125. The van der Waals surface area contributed by atoms with Gasteiger partial charge in [-0.25, -0.2) is 9.82 Å². The number of carbonyl (C=O) groups excluding carboxylic acids is 2. The standard InChI is InChI=1S/C24H16BrCl2F4N3O4/c1-37-20-8-12(7-15(25)21(20)38-11-14-16(26)3-2-4-18(14)28)10-32-34-23(36)22(35)33-19-9-13(24(29,30)31)5-6-17(19)27/h2-10H,11H2,1H3,(H,33,35)(H,34,36)/b32-10+. The van der Waals surface area contributed by atoms with E-state index < -0.39 is 35.1 Å². The maximum atomic E-state index is 14.0. The molecular formula is C24H16BrCl2F4N3O4. The summed E-state index contributed by atoms with van der Waals surface area (Å²) in [5, 5.41) is 5.67. The average Bonchev–Trinajstić information content (AvgIpc) is 2.84. The van der Waals surface area contributed by atoms with Crippen LogP contribution in [0.25, 0.3) is 0 Å². The van der Waals surface area contributed by atoms with Gasteiger partial charge in [-0.05, 0) is 64.0 Å². The van der Waals surface area contributed by atoms with Crippen molar-refractivity contribution in [1.29, 1.82) is 0 Å². The van der Waals surface area contributed by atoms with Crippen molar-refractivity contribution in [3.8, 4) is 11.5 Å². The monoisotopic (exact) mass is 635 g/mol. The molecule has 0 aliphatic carbocycles. The van der Waals surface area contributed by atoms with Gasteiger partial charge in [-0.2, -0.15) is 18.3 Å². The van der Waals surface area contributed by atoms with Gasteiger partial charge in [-0.3, -0.25) is 9.59 Å². The lowest BCUT2D eigenvalue weighted by atomic mass is 10.2. The second kappa shape index (κ2) is 12.5. The number of rotatable bonds is 7. The van der Waals surface area contributed by atoms with Gasteiger partial charge in [0.05, 0.1) is 39.1 Å².